The summed E-state index contributed by atoms with van der Waals surface area (Å²) in [5.41, 5.74) is 3.09. The van der Waals surface area contributed by atoms with Crippen LogP contribution >= 0.6 is 11.3 Å². The van der Waals surface area contributed by atoms with E-state index in [0.29, 0.717) is 17.7 Å². The van der Waals surface area contributed by atoms with Crippen LogP contribution in [0.1, 0.15) is 27.5 Å². The minimum atomic E-state index is 0.0224. The number of aromatic nitrogens is 1. The number of amides is 1. The number of carbonyl (C=O) groups is 1. The van der Waals surface area contributed by atoms with Gasteiger partial charge in [-0.1, -0.05) is 29.8 Å². The van der Waals surface area contributed by atoms with Crippen LogP contribution in [0.4, 0.5) is 5.13 Å². The quantitative estimate of drug-likeness (QED) is 0.926. The lowest BCUT2D eigenvalue weighted by molar-refractivity contribution is 0.0777. The summed E-state index contributed by atoms with van der Waals surface area (Å²) in [5.74, 6) is 0.348. The van der Waals surface area contributed by atoms with Crippen LogP contribution in [-0.2, 0) is 0 Å². The maximum atomic E-state index is 12.8. The van der Waals surface area contributed by atoms with Gasteiger partial charge in [0.2, 0.25) is 0 Å². The largest absolute Gasteiger partial charge is 0.365 e. The van der Waals surface area contributed by atoms with Crippen LogP contribution in [0.3, 0.4) is 0 Å². The van der Waals surface area contributed by atoms with Gasteiger partial charge in [-0.2, -0.15) is 0 Å². The number of thiazole rings is 1. The summed E-state index contributed by atoms with van der Waals surface area (Å²) in [7, 11) is 5.99. The second-order valence-corrected chi connectivity index (χ2v) is 7.40. The zero-order valence-electron chi connectivity index (χ0n) is 14.6. The van der Waals surface area contributed by atoms with Gasteiger partial charge >= 0.3 is 0 Å². The van der Waals surface area contributed by atoms with E-state index in [4.69, 9.17) is 0 Å². The van der Waals surface area contributed by atoms with Crippen molar-refractivity contribution < 1.29 is 4.79 Å². The van der Waals surface area contributed by atoms with Gasteiger partial charge in [-0.05, 0) is 26.6 Å². The monoisotopic (exact) mass is 344 g/mol. The highest BCUT2D eigenvalue weighted by Gasteiger charge is 2.38. The summed E-state index contributed by atoms with van der Waals surface area (Å²) >= 11 is 1.46. The third kappa shape index (κ3) is 3.30. The molecule has 5 nitrogen and oxygen atoms in total. The van der Waals surface area contributed by atoms with Crippen molar-refractivity contribution in [2.75, 3.05) is 39.5 Å². The van der Waals surface area contributed by atoms with Crippen molar-refractivity contribution in [3.8, 4) is 0 Å². The average molecular weight is 344 g/mol. The predicted octanol–water partition coefficient (Wildman–Crippen LogP) is 2.66. The van der Waals surface area contributed by atoms with E-state index in [-0.39, 0.29) is 5.91 Å². The van der Waals surface area contributed by atoms with Crippen LogP contribution in [0, 0.1) is 6.92 Å². The fraction of sp³-hybridized carbons (Fsp3) is 0.444. The number of nitrogens with zero attached hydrogens (tertiary/aromatic N) is 3. The molecule has 1 amide bonds. The molecule has 0 aliphatic carbocycles. The average Bonchev–Trinajstić information content (AvgIpc) is 3.22. The lowest BCUT2D eigenvalue weighted by atomic mass is 9.93. The molecule has 1 fully saturated rings. The molecule has 0 bridgehead atoms. The van der Waals surface area contributed by atoms with Gasteiger partial charge in [-0.25, -0.2) is 4.98 Å². The van der Waals surface area contributed by atoms with E-state index < -0.39 is 0 Å². The Kier molecular flexibility index (Phi) is 4.87. The van der Waals surface area contributed by atoms with Crippen LogP contribution in [0.2, 0.25) is 0 Å². The Morgan fingerprint density at radius 2 is 2.00 bits per heavy atom. The topological polar surface area (TPSA) is 48.5 Å². The van der Waals surface area contributed by atoms with Crippen molar-refractivity contribution in [2.24, 2.45) is 0 Å². The number of rotatable bonds is 4. The van der Waals surface area contributed by atoms with E-state index in [1.807, 2.05) is 17.3 Å². The summed E-state index contributed by atoms with van der Waals surface area (Å²) in [6, 6.07) is 8.98. The SMILES string of the molecule is CNc1nc(C(=O)N2C[C@@H](N(C)C)[C@H](c3ccc(C)cc3)C2)cs1. The number of hydrogen-bond donors (Lipinski definition) is 1. The molecule has 3 rings (SSSR count). The Bertz CT molecular complexity index is 710. The minimum Gasteiger partial charge on any atom is -0.365 e. The van der Waals surface area contributed by atoms with Crippen LogP contribution in [0.25, 0.3) is 0 Å². The third-order valence-electron chi connectivity index (χ3n) is 4.68. The van der Waals surface area contributed by atoms with Gasteiger partial charge in [0.15, 0.2) is 5.13 Å². The Labute approximate surface area is 147 Å². The van der Waals surface area contributed by atoms with E-state index in [9.17, 15) is 4.79 Å². The second-order valence-electron chi connectivity index (χ2n) is 6.55. The molecule has 0 unspecified atom stereocenters. The lowest BCUT2D eigenvalue weighted by Crippen LogP contribution is -2.35. The summed E-state index contributed by atoms with van der Waals surface area (Å²) in [6.07, 6.45) is 0. The normalized spacial score (nSPS) is 20.6. The Hall–Kier alpha value is -1.92. The molecule has 1 aromatic heterocycles. The smallest absolute Gasteiger partial charge is 0.273 e. The molecule has 2 heterocycles. The fourth-order valence-corrected chi connectivity index (χ4v) is 3.91. The molecule has 128 valence electrons. The summed E-state index contributed by atoms with van der Waals surface area (Å²) in [4.78, 5) is 21.3. The number of anilines is 1. The first-order valence-corrected chi connectivity index (χ1v) is 9.03. The van der Waals surface area contributed by atoms with E-state index in [1.165, 1.54) is 22.5 Å². The number of likely N-dealkylation sites (tertiary alicyclic amines) is 1. The number of hydrogen-bond acceptors (Lipinski definition) is 5. The number of carbonyl (C=O) groups excluding carboxylic acids is 1. The molecule has 6 heteroatoms. The molecular formula is C18H24N4OS. The molecule has 0 spiro atoms. The van der Waals surface area contributed by atoms with E-state index in [2.05, 4.69) is 60.5 Å². The number of aryl methyl sites for hydroxylation is 1. The Balaban J connectivity index is 1.81. The highest BCUT2D eigenvalue weighted by molar-refractivity contribution is 7.13. The molecule has 2 atom stereocenters. The maximum Gasteiger partial charge on any atom is 0.273 e. The van der Waals surface area contributed by atoms with Gasteiger partial charge in [0.1, 0.15) is 5.69 Å². The number of nitrogens with one attached hydrogen (secondary N) is 1. The number of benzene rings is 1. The lowest BCUT2D eigenvalue weighted by Gasteiger charge is -2.25. The van der Waals surface area contributed by atoms with Crippen LogP contribution in [-0.4, -0.2) is 61.0 Å². The molecule has 1 aliphatic heterocycles. The van der Waals surface area contributed by atoms with Crippen molar-refractivity contribution in [2.45, 2.75) is 18.9 Å². The first-order chi connectivity index (χ1) is 11.5. The summed E-state index contributed by atoms with van der Waals surface area (Å²) in [5, 5.41) is 5.59. The molecule has 0 radical (unpaired) electrons. The van der Waals surface area contributed by atoms with Crippen molar-refractivity contribution in [1.82, 2.24) is 14.8 Å². The molecule has 1 saturated heterocycles. The maximum absolute atomic E-state index is 12.8. The molecule has 0 saturated carbocycles. The van der Waals surface area contributed by atoms with Gasteiger partial charge < -0.3 is 15.1 Å². The van der Waals surface area contributed by atoms with Gasteiger partial charge in [-0.3, -0.25) is 4.79 Å². The third-order valence-corrected chi connectivity index (χ3v) is 5.54. The van der Waals surface area contributed by atoms with E-state index in [0.717, 1.165) is 18.2 Å². The first kappa shape index (κ1) is 16.9. The molecule has 2 aromatic rings. The zero-order chi connectivity index (χ0) is 17.3. The molecule has 24 heavy (non-hydrogen) atoms. The van der Waals surface area contributed by atoms with E-state index >= 15 is 0 Å². The van der Waals surface area contributed by atoms with Gasteiger partial charge in [-0.15, -0.1) is 11.3 Å². The molecular weight excluding hydrogens is 320 g/mol. The van der Waals surface area contributed by atoms with E-state index in [1.54, 1.807) is 0 Å². The summed E-state index contributed by atoms with van der Waals surface area (Å²) < 4.78 is 0. The Morgan fingerprint density at radius 3 is 2.58 bits per heavy atom. The first-order valence-electron chi connectivity index (χ1n) is 8.15. The molecule has 1 N–H and O–H groups in total. The second kappa shape index (κ2) is 6.91. The van der Waals surface area contributed by atoms with Gasteiger partial charge in [0, 0.05) is 37.5 Å². The standard InChI is InChI=1S/C18H24N4OS/c1-12-5-7-13(8-6-12)14-9-22(10-16(14)21(3)4)17(23)15-11-24-18(19-2)20-15/h5-8,11,14,16H,9-10H2,1-4H3,(H,19,20)/t14-,16+/m0/s1. The highest BCUT2D eigenvalue weighted by atomic mass is 32.1. The van der Waals surface area contributed by atoms with Crippen molar-refractivity contribution >= 4 is 22.4 Å². The highest BCUT2D eigenvalue weighted by Crippen LogP contribution is 2.31. The summed E-state index contributed by atoms with van der Waals surface area (Å²) in [6.45, 7) is 3.56. The predicted molar refractivity (Wildman–Crippen MR) is 99.0 cm³/mol. The van der Waals surface area contributed by atoms with Crippen LogP contribution in [0.5, 0.6) is 0 Å². The van der Waals surface area contributed by atoms with Crippen molar-refractivity contribution in [1.29, 1.82) is 0 Å². The zero-order valence-corrected chi connectivity index (χ0v) is 15.4. The van der Waals surface area contributed by atoms with Crippen LogP contribution < -0.4 is 5.32 Å². The minimum absolute atomic E-state index is 0.0224. The van der Waals surface area contributed by atoms with Gasteiger partial charge in [0.25, 0.3) is 5.91 Å². The van der Waals surface area contributed by atoms with Crippen molar-refractivity contribution in [3.63, 3.8) is 0 Å². The van der Waals surface area contributed by atoms with Crippen LogP contribution in [0.15, 0.2) is 29.6 Å². The Morgan fingerprint density at radius 1 is 1.29 bits per heavy atom. The van der Waals surface area contributed by atoms with Crippen molar-refractivity contribution in [3.05, 3.63) is 46.5 Å². The van der Waals surface area contributed by atoms with Gasteiger partial charge in [0.05, 0.1) is 0 Å². The fourth-order valence-electron chi connectivity index (χ4n) is 3.27. The molecule has 1 aliphatic rings. The molecule has 1 aromatic carbocycles. The number of likely N-dealkylation sites (N-methyl/N-ethyl adjacent to an activating group) is 1.